The van der Waals surface area contributed by atoms with Crippen molar-refractivity contribution in [1.29, 1.82) is 0 Å². The van der Waals surface area contributed by atoms with Crippen LogP contribution in [0.25, 0.3) is 0 Å². The molecule has 1 spiro atoms. The summed E-state index contributed by atoms with van der Waals surface area (Å²) in [5.41, 5.74) is 4.03. The highest BCUT2D eigenvalue weighted by molar-refractivity contribution is 5.79. The molecule has 5 rings (SSSR count). The third kappa shape index (κ3) is 3.26. The Morgan fingerprint density at radius 3 is 2.76 bits per heavy atom. The summed E-state index contributed by atoms with van der Waals surface area (Å²) in [5, 5.41) is 4.35. The Morgan fingerprint density at radius 1 is 1.07 bits per heavy atom. The van der Waals surface area contributed by atoms with Crippen LogP contribution in [0.15, 0.2) is 55.0 Å². The number of aromatic nitrogens is 4. The largest absolute Gasteiger partial charge is 0.363 e. The van der Waals surface area contributed by atoms with Gasteiger partial charge in [0.25, 0.3) is 0 Å². The smallest absolute Gasteiger partial charge is 0.228 e. The fourth-order valence-electron chi connectivity index (χ4n) is 4.65. The van der Waals surface area contributed by atoms with E-state index in [4.69, 9.17) is 4.98 Å². The third-order valence-electron chi connectivity index (χ3n) is 6.01. The van der Waals surface area contributed by atoms with Crippen LogP contribution in [0, 0.1) is 0 Å². The van der Waals surface area contributed by atoms with E-state index in [1.165, 1.54) is 0 Å². The Bertz CT molecular complexity index is 1030. The van der Waals surface area contributed by atoms with Gasteiger partial charge in [-0.2, -0.15) is 5.10 Å². The highest BCUT2D eigenvalue weighted by Crippen LogP contribution is 2.45. The number of fused-ring (bicyclic) bond motifs is 2. The number of rotatable bonds is 4. The molecule has 0 unspecified atom stereocenters. The number of aryl methyl sites for hydroxylation is 1. The minimum Gasteiger partial charge on any atom is -0.363 e. The van der Waals surface area contributed by atoms with Crippen molar-refractivity contribution in [2.24, 2.45) is 7.05 Å². The molecule has 3 aromatic rings. The lowest BCUT2D eigenvalue weighted by Crippen LogP contribution is -2.39. The summed E-state index contributed by atoms with van der Waals surface area (Å²) in [4.78, 5) is 26.5. The molecule has 0 bridgehead atoms. The Hall–Kier alpha value is -3.22. The molecule has 148 valence electrons. The summed E-state index contributed by atoms with van der Waals surface area (Å²) < 4.78 is 1.74. The molecule has 5 heterocycles. The van der Waals surface area contributed by atoms with E-state index in [-0.39, 0.29) is 11.3 Å². The fraction of sp³-hybridized carbons (Fsp3) is 0.364. The molecular weight excluding hydrogens is 364 g/mol. The third-order valence-corrected chi connectivity index (χ3v) is 6.01. The van der Waals surface area contributed by atoms with Crippen LogP contribution in [0.3, 0.4) is 0 Å². The van der Waals surface area contributed by atoms with Crippen molar-refractivity contribution >= 4 is 11.6 Å². The average Bonchev–Trinajstić information content (AvgIpc) is 3.42. The number of pyridine rings is 2. The van der Waals surface area contributed by atoms with Gasteiger partial charge >= 0.3 is 0 Å². The Balaban J connectivity index is 1.36. The quantitative estimate of drug-likeness (QED) is 0.683. The van der Waals surface area contributed by atoms with Gasteiger partial charge in [0, 0.05) is 45.3 Å². The minimum absolute atomic E-state index is 0.106. The van der Waals surface area contributed by atoms with E-state index in [1.54, 1.807) is 4.68 Å². The first-order valence-corrected chi connectivity index (χ1v) is 10.00. The zero-order chi connectivity index (χ0) is 19.8. The van der Waals surface area contributed by atoms with Crippen molar-refractivity contribution in [1.82, 2.24) is 24.6 Å². The zero-order valence-electron chi connectivity index (χ0n) is 16.5. The summed E-state index contributed by atoms with van der Waals surface area (Å²) in [7, 11) is 1.87. The van der Waals surface area contributed by atoms with Crippen LogP contribution in [0.1, 0.15) is 23.5 Å². The van der Waals surface area contributed by atoms with E-state index >= 15 is 0 Å². The lowest BCUT2D eigenvalue weighted by molar-refractivity contribution is -0.129. The summed E-state index contributed by atoms with van der Waals surface area (Å²) in [6, 6.07) is 12.0. The molecule has 1 atom stereocenters. The van der Waals surface area contributed by atoms with Gasteiger partial charge in [0.2, 0.25) is 5.91 Å². The molecule has 1 saturated heterocycles. The molecule has 0 aromatic carbocycles. The van der Waals surface area contributed by atoms with Gasteiger partial charge in [-0.15, -0.1) is 0 Å². The van der Waals surface area contributed by atoms with Gasteiger partial charge in [-0.05, 0) is 36.8 Å². The van der Waals surface area contributed by atoms with Crippen molar-refractivity contribution < 1.29 is 4.79 Å². The lowest BCUT2D eigenvalue weighted by atomic mass is 9.85. The van der Waals surface area contributed by atoms with Crippen molar-refractivity contribution in [2.45, 2.75) is 24.8 Å². The van der Waals surface area contributed by atoms with Crippen LogP contribution < -0.4 is 4.90 Å². The Labute approximate surface area is 170 Å². The summed E-state index contributed by atoms with van der Waals surface area (Å²) in [6.07, 6.45) is 6.86. The van der Waals surface area contributed by atoms with Gasteiger partial charge in [0.05, 0.1) is 41.1 Å². The van der Waals surface area contributed by atoms with Crippen LogP contribution in [-0.2, 0) is 30.2 Å². The molecule has 0 saturated carbocycles. The number of nitrogens with zero attached hydrogens (tertiary/aromatic N) is 6. The second-order valence-corrected chi connectivity index (χ2v) is 8.05. The van der Waals surface area contributed by atoms with Crippen LogP contribution in [0.2, 0.25) is 0 Å². The molecule has 7 nitrogen and oxygen atoms in total. The number of likely N-dealkylation sites (tertiary alicyclic amines) is 1. The predicted octanol–water partition coefficient (Wildman–Crippen LogP) is 1.94. The zero-order valence-corrected chi connectivity index (χ0v) is 16.5. The molecule has 0 radical (unpaired) electrons. The molecular formula is C22H24N6O. The summed E-state index contributed by atoms with van der Waals surface area (Å²) in [6.45, 7) is 3.09. The monoisotopic (exact) mass is 388 g/mol. The first-order valence-electron chi connectivity index (χ1n) is 10.00. The molecule has 3 aromatic heterocycles. The van der Waals surface area contributed by atoms with Crippen molar-refractivity contribution in [3.8, 4) is 0 Å². The standard InChI is InChI=1S/C22H24N6O/c1-26-11-7-17(25-26)13-20(29)27-12-8-22(15-27)16-28(14-18-5-2-3-9-23-18)19-6-4-10-24-21(19)22/h2-7,9-11H,8,12-16H2,1H3/t22-/m0/s1. The number of hydrogen-bond acceptors (Lipinski definition) is 5. The second kappa shape index (κ2) is 6.99. The molecule has 0 N–H and O–H groups in total. The van der Waals surface area contributed by atoms with Gasteiger partial charge < -0.3 is 9.80 Å². The fourth-order valence-corrected chi connectivity index (χ4v) is 4.65. The maximum absolute atomic E-state index is 12.9. The Kier molecular flexibility index (Phi) is 4.30. The van der Waals surface area contributed by atoms with E-state index in [1.807, 2.05) is 54.8 Å². The number of carbonyl (C=O) groups is 1. The highest BCUT2D eigenvalue weighted by Gasteiger charge is 2.49. The first kappa shape index (κ1) is 17.8. The lowest BCUT2D eigenvalue weighted by Gasteiger charge is -2.25. The van der Waals surface area contributed by atoms with Crippen LogP contribution in [0.4, 0.5) is 5.69 Å². The molecule has 1 fully saturated rings. The van der Waals surface area contributed by atoms with Gasteiger partial charge in [-0.25, -0.2) is 0 Å². The number of hydrogen-bond donors (Lipinski definition) is 0. The molecule has 1 amide bonds. The molecule has 0 aliphatic carbocycles. The van der Waals surface area contributed by atoms with Crippen molar-refractivity contribution in [3.05, 3.63) is 72.1 Å². The van der Waals surface area contributed by atoms with E-state index < -0.39 is 0 Å². The molecule has 29 heavy (non-hydrogen) atoms. The van der Waals surface area contributed by atoms with Crippen LogP contribution >= 0.6 is 0 Å². The van der Waals surface area contributed by atoms with Crippen molar-refractivity contribution in [3.63, 3.8) is 0 Å². The number of amides is 1. The SMILES string of the molecule is Cn1ccc(CC(=O)N2CC[C@]3(C2)CN(Cc2ccccn2)c2cccnc23)n1. The topological polar surface area (TPSA) is 67.2 Å². The van der Waals surface area contributed by atoms with Crippen LogP contribution in [-0.4, -0.2) is 50.2 Å². The van der Waals surface area contributed by atoms with Crippen LogP contribution in [0.5, 0.6) is 0 Å². The number of carbonyl (C=O) groups excluding carboxylic acids is 1. The van der Waals surface area contributed by atoms with Gasteiger partial charge in [-0.1, -0.05) is 6.07 Å². The van der Waals surface area contributed by atoms with Gasteiger partial charge in [0.1, 0.15) is 0 Å². The van der Waals surface area contributed by atoms with E-state index in [2.05, 4.69) is 27.1 Å². The summed E-state index contributed by atoms with van der Waals surface area (Å²) in [5.74, 6) is 0.140. The highest BCUT2D eigenvalue weighted by atomic mass is 16.2. The number of anilines is 1. The molecule has 2 aliphatic heterocycles. The van der Waals surface area contributed by atoms with E-state index in [9.17, 15) is 4.79 Å². The predicted molar refractivity (Wildman–Crippen MR) is 109 cm³/mol. The maximum atomic E-state index is 12.9. The van der Waals surface area contributed by atoms with Gasteiger partial charge in [0.15, 0.2) is 0 Å². The first-order chi connectivity index (χ1) is 14.1. The van der Waals surface area contributed by atoms with E-state index in [0.717, 1.165) is 48.8 Å². The normalized spacial score (nSPS) is 20.4. The maximum Gasteiger partial charge on any atom is 0.228 e. The van der Waals surface area contributed by atoms with Gasteiger partial charge in [-0.3, -0.25) is 19.4 Å². The Morgan fingerprint density at radius 2 is 1.97 bits per heavy atom. The van der Waals surface area contributed by atoms with Crippen molar-refractivity contribution in [2.75, 3.05) is 24.5 Å². The molecule has 2 aliphatic rings. The second-order valence-electron chi connectivity index (χ2n) is 8.05. The molecule has 7 heteroatoms. The van der Waals surface area contributed by atoms with E-state index in [0.29, 0.717) is 13.0 Å². The average molecular weight is 388 g/mol. The summed E-state index contributed by atoms with van der Waals surface area (Å²) >= 11 is 0. The minimum atomic E-state index is -0.106.